The number of thiophene rings is 1. The molecule has 1 spiro atoms. The molecule has 2 N–H and O–H groups in total. The van der Waals surface area contributed by atoms with Crippen LogP contribution in [0.1, 0.15) is 50.3 Å². The molecule has 3 rings (SSSR count). The summed E-state index contributed by atoms with van der Waals surface area (Å²) < 4.78 is 0. The number of amides is 4. The first-order chi connectivity index (χ1) is 12.5. The van der Waals surface area contributed by atoms with Crippen LogP contribution in [0.5, 0.6) is 0 Å². The molecule has 0 radical (unpaired) electrons. The molecule has 0 unspecified atom stereocenters. The van der Waals surface area contributed by atoms with Crippen LogP contribution in [0.25, 0.3) is 0 Å². The Labute approximate surface area is 157 Å². The van der Waals surface area contributed by atoms with Gasteiger partial charge in [0.05, 0.1) is 0 Å². The van der Waals surface area contributed by atoms with Crippen LogP contribution < -0.4 is 10.7 Å². The fourth-order valence-corrected chi connectivity index (χ4v) is 4.37. The van der Waals surface area contributed by atoms with Gasteiger partial charge in [-0.2, -0.15) is 5.01 Å². The van der Waals surface area contributed by atoms with E-state index in [9.17, 15) is 14.4 Å². The molecule has 0 bridgehead atoms. The van der Waals surface area contributed by atoms with Crippen LogP contribution in [0.3, 0.4) is 0 Å². The van der Waals surface area contributed by atoms with Gasteiger partial charge in [0.2, 0.25) is 5.91 Å². The van der Waals surface area contributed by atoms with Gasteiger partial charge >= 0.3 is 6.03 Å². The summed E-state index contributed by atoms with van der Waals surface area (Å²) in [6.07, 6.45) is 4.45. The van der Waals surface area contributed by atoms with Crippen LogP contribution >= 0.6 is 11.3 Å². The van der Waals surface area contributed by atoms with Gasteiger partial charge in [0.1, 0.15) is 5.54 Å². The molecule has 1 aromatic heterocycles. The highest BCUT2D eigenvalue weighted by Crippen LogP contribution is 2.32. The van der Waals surface area contributed by atoms with Gasteiger partial charge in [0.25, 0.3) is 5.91 Å². The maximum absolute atomic E-state index is 12.7. The van der Waals surface area contributed by atoms with Crippen LogP contribution in [0.4, 0.5) is 4.79 Å². The number of nitrogens with one attached hydrogen (secondary N) is 2. The summed E-state index contributed by atoms with van der Waals surface area (Å²) in [7, 11) is 0. The summed E-state index contributed by atoms with van der Waals surface area (Å²) in [6, 6.07) is 3.57. The number of carbonyl (C=O) groups is 3. The summed E-state index contributed by atoms with van der Waals surface area (Å²) in [5.41, 5.74) is 1.69. The molecule has 7 nitrogen and oxygen atoms in total. The second-order valence-corrected chi connectivity index (χ2v) is 7.98. The molecule has 0 atom stereocenters. The summed E-state index contributed by atoms with van der Waals surface area (Å²) in [5, 5.41) is 5.71. The number of hydrogen-bond donors (Lipinski definition) is 2. The third-order valence-electron chi connectivity index (χ3n) is 5.17. The van der Waals surface area contributed by atoms with Gasteiger partial charge in [-0.3, -0.25) is 19.9 Å². The van der Waals surface area contributed by atoms with E-state index in [0.717, 1.165) is 37.4 Å². The topological polar surface area (TPSA) is 81.8 Å². The molecule has 1 aliphatic carbocycles. The molecule has 2 heterocycles. The molecule has 142 valence electrons. The van der Waals surface area contributed by atoms with E-state index in [2.05, 4.69) is 28.6 Å². The number of nitrogens with zero attached hydrogens (tertiary/aromatic N) is 2. The fourth-order valence-electron chi connectivity index (χ4n) is 3.63. The molecule has 8 heteroatoms. The van der Waals surface area contributed by atoms with E-state index in [4.69, 9.17) is 0 Å². The van der Waals surface area contributed by atoms with Crippen molar-refractivity contribution in [3.63, 3.8) is 0 Å². The predicted molar refractivity (Wildman–Crippen MR) is 99.2 cm³/mol. The van der Waals surface area contributed by atoms with Crippen LogP contribution in [0.2, 0.25) is 0 Å². The van der Waals surface area contributed by atoms with Gasteiger partial charge in [-0.1, -0.05) is 32.3 Å². The van der Waals surface area contributed by atoms with E-state index in [0.29, 0.717) is 19.4 Å². The average Bonchev–Trinajstić information content (AvgIpc) is 3.22. The van der Waals surface area contributed by atoms with E-state index < -0.39 is 11.6 Å². The number of rotatable bonds is 7. The lowest BCUT2D eigenvalue weighted by molar-refractivity contribution is -0.140. The number of imide groups is 1. The SMILES string of the molecule is CCN(CCC(=O)NN1C(=O)NC2(CCCCC2)C1=O)Cc1cccs1. The number of hydrogen-bond acceptors (Lipinski definition) is 5. The largest absolute Gasteiger partial charge is 0.344 e. The molecule has 1 saturated carbocycles. The third-order valence-corrected chi connectivity index (χ3v) is 6.03. The first-order valence-electron chi connectivity index (χ1n) is 9.25. The van der Waals surface area contributed by atoms with E-state index >= 15 is 0 Å². The van der Waals surface area contributed by atoms with Gasteiger partial charge < -0.3 is 5.32 Å². The molecule has 1 aromatic rings. The highest BCUT2D eigenvalue weighted by Gasteiger charge is 2.52. The maximum atomic E-state index is 12.7. The van der Waals surface area contributed by atoms with Gasteiger partial charge in [-0.25, -0.2) is 4.79 Å². The van der Waals surface area contributed by atoms with E-state index in [-0.39, 0.29) is 18.2 Å². The predicted octanol–water partition coefficient (Wildman–Crippen LogP) is 2.25. The molecule has 0 aromatic carbocycles. The van der Waals surface area contributed by atoms with Crippen LogP contribution in [0, 0.1) is 0 Å². The Morgan fingerprint density at radius 3 is 2.77 bits per heavy atom. The Kier molecular flexibility index (Phi) is 5.93. The van der Waals surface area contributed by atoms with E-state index in [1.54, 1.807) is 11.3 Å². The Balaban J connectivity index is 1.51. The van der Waals surface area contributed by atoms with Crippen molar-refractivity contribution in [2.24, 2.45) is 0 Å². The Morgan fingerprint density at radius 2 is 2.12 bits per heavy atom. The minimum atomic E-state index is -0.808. The van der Waals surface area contributed by atoms with Crippen molar-refractivity contribution in [3.05, 3.63) is 22.4 Å². The normalized spacial score (nSPS) is 19.2. The molecule has 4 amide bonds. The number of hydrazine groups is 1. The summed E-state index contributed by atoms with van der Waals surface area (Å²) in [6.45, 7) is 4.26. The van der Waals surface area contributed by atoms with Gasteiger partial charge in [0, 0.05) is 24.4 Å². The summed E-state index contributed by atoms with van der Waals surface area (Å²) in [5.74, 6) is -0.632. The van der Waals surface area contributed by atoms with E-state index in [1.807, 2.05) is 11.4 Å². The zero-order valence-electron chi connectivity index (χ0n) is 15.1. The molecule has 2 fully saturated rings. The number of carbonyl (C=O) groups excluding carboxylic acids is 3. The zero-order valence-corrected chi connectivity index (χ0v) is 15.9. The standard InChI is InChI=1S/C18H26N4O3S/c1-2-21(13-14-7-6-12-26-14)11-8-15(23)20-22-16(24)18(19-17(22)25)9-4-3-5-10-18/h6-7,12H,2-5,8-11,13H2,1H3,(H,19,25)(H,20,23). The Bertz CT molecular complexity index is 655. The van der Waals surface area contributed by atoms with E-state index in [1.165, 1.54) is 4.88 Å². The van der Waals surface area contributed by atoms with Crippen LogP contribution in [-0.4, -0.2) is 46.4 Å². The quantitative estimate of drug-likeness (QED) is 0.713. The summed E-state index contributed by atoms with van der Waals surface area (Å²) in [4.78, 5) is 40.5. The van der Waals surface area contributed by atoms with Gasteiger partial charge in [0.15, 0.2) is 0 Å². The van der Waals surface area contributed by atoms with Crippen LogP contribution in [-0.2, 0) is 16.1 Å². The fraction of sp³-hybridized carbons (Fsp3) is 0.611. The lowest BCUT2D eigenvalue weighted by Gasteiger charge is -2.30. The van der Waals surface area contributed by atoms with Crippen molar-refractivity contribution in [2.75, 3.05) is 13.1 Å². The monoisotopic (exact) mass is 378 g/mol. The second kappa shape index (κ2) is 8.18. The maximum Gasteiger partial charge on any atom is 0.344 e. The van der Waals surface area contributed by atoms with Crippen molar-refractivity contribution >= 4 is 29.2 Å². The molecule has 26 heavy (non-hydrogen) atoms. The Hall–Kier alpha value is -1.93. The van der Waals surface area contributed by atoms with Crippen molar-refractivity contribution in [2.45, 2.75) is 57.5 Å². The lowest BCUT2D eigenvalue weighted by atomic mass is 9.82. The summed E-state index contributed by atoms with van der Waals surface area (Å²) >= 11 is 1.69. The van der Waals surface area contributed by atoms with Crippen molar-refractivity contribution in [1.82, 2.24) is 20.7 Å². The minimum absolute atomic E-state index is 0.239. The molecule has 1 aliphatic heterocycles. The number of urea groups is 1. The molecule has 2 aliphatic rings. The van der Waals surface area contributed by atoms with Crippen molar-refractivity contribution in [3.8, 4) is 0 Å². The first kappa shape index (κ1) is 18.8. The van der Waals surface area contributed by atoms with Crippen molar-refractivity contribution in [1.29, 1.82) is 0 Å². The van der Waals surface area contributed by atoms with Gasteiger partial charge in [-0.05, 0) is 30.8 Å². The highest BCUT2D eigenvalue weighted by atomic mass is 32.1. The average molecular weight is 378 g/mol. The molecular formula is C18H26N4O3S. The Morgan fingerprint density at radius 1 is 1.35 bits per heavy atom. The second-order valence-electron chi connectivity index (χ2n) is 6.95. The van der Waals surface area contributed by atoms with Crippen LogP contribution in [0.15, 0.2) is 17.5 Å². The van der Waals surface area contributed by atoms with Gasteiger partial charge in [-0.15, -0.1) is 11.3 Å². The minimum Gasteiger partial charge on any atom is -0.322 e. The van der Waals surface area contributed by atoms with Crippen molar-refractivity contribution < 1.29 is 14.4 Å². The highest BCUT2D eigenvalue weighted by molar-refractivity contribution is 7.09. The molecule has 1 saturated heterocycles. The third kappa shape index (κ3) is 4.07. The molecular weight excluding hydrogens is 352 g/mol. The smallest absolute Gasteiger partial charge is 0.322 e. The zero-order chi connectivity index (χ0) is 18.6. The lowest BCUT2D eigenvalue weighted by Crippen LogP contribution is -2.51. The first-order valence-corrected chi connectivity index (χ1v) is 10.1.